The summed E-state index contributed by atoms with van der Waals surface area (Å²) in [5.41, 5.74) is 2.32. The van der Waals surface area contributed by atoms with Gasteiger partial charge in [0.25, 0.3) is 0 Å². The standard InChI is InChI=1S/C20H26N4O/c1-16(2)19(17-6-4-3-5-7-17)22-20(25)24-14-12-23(13-15-24)18-8-10-21-11-9-18/h3-11,16,19H,12-15H2,1-2H3,(H,22,25). The zero-order valence-corrected chi connectivity index (χ0v) is 14.9. The summed E-state index contributed by atoms with van der Waals surface area (Å²) >= 11 is 0. The molecule has 1 aromatic heterocycles. The van der Waals surface area contributed by atoms with Gasteiger partial charge < -0.3 is 15.1 Å². The molecule has 1 saturated heterocycles. The molecule has 1 N–H and O–H groups in total. The summed E-state index contributed by atoms with van der Waals surface area (Å²) in [6.45, 7) is 7.42. The van der Waals surface area contributed by atoms with Crippen molar-refractivity contribution in [1.82, 2.24) is 15.2 Å². The first-order chi connectivity index (χ1) is 12.1. The topological polar surface area (TPSA) is 48.5 Å². The van der Waals surface area contributed by atoms with Crippen molar-refractivity contribution in [1.29, 1.82) is 0 Å². The van der Waals surface area contributed by atoms with Crippen LogP contribution in [0.5, 0.6) is 0 Å². The second-order valence-electron chi connectivity index (χ2n) is 6.76. The number of aromatic nitrogens is 1. The lowest BCUT2D eigenvalue weighted by Crippen LogP contribution is -2.52. The van der Waals surface area contributed by atoms with E-state index in [1.54, 1.807) is 0 Å². The number of nitrogens with one attached hydrogen (secondary N) is 1. The summed E-state index contributed by atoms with van der Waals surface area (Å²) in [5, 5.41) is 3.22. The van der Waals surface area contributed by atoms with Gasteiger partial charge in [-0.15, -0.1) is 0 Å². The van der Waals surface area contributed by atoms with Crippen LogP contribution in [-0.2, 0) is 0 Å². The van der Waals surface area contributed by atoms with Gasteiger partial charge in [0.2, 0.25) is 0 Å². The summed E-state index contributed by atoms with van der Waals surface area (Å²) in [6, 6.07) is 14.3. The second-order valence-corrected chi connectivity index (χ2v) is 6.76. The van der Waals surface area contributed by atoms with Crippen molar-refractivity contribution in [2.75, 3.05) is 31.1 Å². The van der Waals surface area contributed by atoms with E-state index < -0.39 is 0 Å². The molecule has 5 nitrogen and oxygen atoms in total. The Kier molecular flexibility index (Phi) is 5.53. The third-order valence-corrected chi connectivity index (χ3v) is 4.70. The number of hydrogen-bond donors (Lipinski definition) is 1. The number of carbonyl (C=O) groups excluding carboxylic acids is 1. The molecule has 0 spiro atoms. The molecule has 1 aliphatic heterocycles. The monoisotopic (exact) mass is 338 g/mol. The molecule has 2 heterocycles. The summed E-state index contributed by atoms with van der Waals surface area (Å²) in [6.07, 6.45) is 3.61. The third kappa shape index (κ3) is 4.29. The maximum Gasteiger partial charge on any atom is 0.318 e. The molecule has 1 fully saturated rings. The number of urea groups is 1. The van der Waals surface area contributed by atoms with Crippen molar-refractivity contribution in [2.24, 2.45) is 5.92 Å². The minimum absolute atomic E-state index is 0.0249. The van der Waals surface area contributed by atoms with Crippen molar-refractivity contribution in [3.8, 4) is 0 Å². The van der Waals surface area contributed by atoms with Crippen LogP contribution in [0.2, 0.25) is 0 Å². The van der Waals surface area contributed by atoms with Crippen LogP contribution in [0.25, 0.3) is 0 Å². The number of piperazine rings is 1. The average Bonchev–Trinajstić information content (AvgIpc) is 2.67. The fourth-order valence-electron chi connectivity index (χ4n) is 3.24. The molecular weight excluding hydrogens is 312 g/mol. The smallest absolute Gasteiger partial charge is 0.318 e. The van der Waals surface area contributed by atoms with Crippen molar-refractivity contribution in [3.63, 3.8) is 0 Å². The van der Waals surface area contributed by atoms with E-state index in [2.05, 4.69) is 41.2 Å². The maximum absolute atomic E-state index is 12.7. The van der Waals surface area contributed by atoms with Crippen molar-refractivity contribution in [2.45, 2.75) is 19.9 Å². The van der Waals surface area contributed by atoms with Crippen LogP contribution >= 0.6 is 0 Å². The molecule has 0 bridgehead atoms. The van der Waals surface area contributed by atoms with Crippen LogP contribution in [0.15, 0.2) is 54.9 Å². The Morgan fingerprint density at radius 3 is 2.24 bits per heavy atom. The van der Waals surface area contributed by atoms with E-state index >= 15 is 0 Å². The SMILES string of the molecule is CC(C)C(NC(=O)N1CCN(c2ccncc2)CC1)c1ccccc1. The summed E-state index contributed by atoms with van der Waals surface area (Å²) in [5.74, 6) is 0.337. The molecule has 0 radical (unpaired) electrons. The number of hydrogen-bond acceptors (Lipinski definition) is 3. The molecule has 25 heavy (non-hydrogen) atoms. The van der Waals surface area contributed by atoms with Gasteiger partial charge in [-0.1, -0.05) is 44.2 Å². The van der Waals surface area contributed by atoms with E-state index in [-0.39, 0.29) is 12.1 Å². The van der Waals surface area contributed by atoms with Gasteiger partial charge in [-0.05, 0) is 23.6 Å². The molecule has 3 rings (SSSR count). The zero-order chi connectivity index (χ0) is 17.6. The number of benzene rings is 1. The maximum atomic E-state index is 12.7. The Hall–Kier alpha value is -2.56. The molecule has 1 unspecified atom stereocenters. The van der Waals surface area contributed by atoms with Gasteiger partial charge in [-0.25, -0.2) is 4.79 Å². The van der Waals surface area contributed by atoms with Gasteiger partial charge in [0.05, 0.1) is 6.04 Å². The van der Waals surface area contributed by atoms with Crippen molar-refractivity contribution >= 4 is 11.7 Å². The number of rotatable bonds is 4. The summed E-state index contributed by atoms with van der Waals surface area (Å²) < 4.78 is 0. The highest BCUT2D eigenvalue weighted by atomic mass is 16.2. The number of amides is 2. The first kappa shape index (κ1) is 17.3. The number of carbonyl (C=O) groups is 1. The van der Waals surface area contributed by atoms with Crippen LogP contribution in [-0.4, -0.2) is 42.1 Å². The predicted octanol–water partition coefficient (Wildman–Crippen LogP) is 3.31. The van der Waals surface area contributed by atoms with E-state index in [4.69, 9.17) is 0 Å². The Labute approximate surface area is 149 Å². The van der Waals surface area contributed by atoms with E-state index in [0.717, 1.165) is 31.7 Å². The quantitative estimate of drug-likeness (QED) is 0.930. The Morgan fingerprint density at radius 2 is 1.64 bits per heavy atom. The fourth-order valence-corrected chi connectivity index (χ4v) is 3.24. The molecule has 2 aromatic rings. The van der Waals surface area contributed by atoms with Crippen LogP contribution < -0.4 is 10.2 Å². The zero-order valence-electron chi connectivity index (χ0n) is 14.9. The third-order valence-electron chi connectivity index (χ3n) is 4.70. The van der Waals surface area contributed by atoms with Crippen LogP contribution in [0.4, 0.5) is 10.5 Å². The largest absolute Gasteiger partial charge is 0.368 e. The second kappa shape index (κ2) is 8.01. The number of pyridine rings is 1. The number of anilines is 1. The fraction of sp³-hybridized carbons (Fsp3) is 0.400. The van der Waals surface area contributed by atoms with Gasteiger partial charge in [0.15, 0.2) is 0 Å². The Bertz CT molecular complexity index is 667. The molecule has 5 heteroatoms. The Balaban J connectivity index is 1.58. The van der Waals surface area contributed by atoms with Gasteiger partial charge in [0, 0.05) is 44.3 Å². The van der Waals surface area contributed by atoms with E-state index in [0.29, 0.717) is 5.92 Å². The van der Waals surface area contributed by atoms with Gasteiger partial charge in [-0.2, -0.15) is 0 Å². The molecule has 1 aliphatic rings. The van der Waals surface area contributed by atoms with Crippen molar-refractivity contribution in [3.05, 3.63) is 60.4 Å². The molecule has 1 atom stereocenters. The lowest BCUT2D eigenvalue weighted by atomic mass is 9.96. The average molecular weight is 338 g/mol. The van der Waals surface area contributed by atoms with Gasteiger partial charge in [0.1, 0.15) is 0 Å². The van der Waals surface area contributed by atoms with Gasteiger partial charge >= 0.3 is 6.03 Å². The van der Waals surface area contributed by atoms with E-state index in [9.17, 15) is 4.79 Å². The van der Waals surface area contributed by atoms with Crippen LogP contribution in [0.3, 0.4) is 0 Å². The highest BCUT2D eigenvalue weighted by Gasteiger charge is 2.25. The predicted molar refractivity (Wildman–Crippen MR) is 101 cm³/mol. The first-order valence-electron chi connectivity index (χ1n) is 8.90. The summed E-state index contributed by atoms with van der Waals surface area (Å²) in [4.78, 5) is 21.0. The molecule has 0 aliphatic carbocycles. The normalized spacial score (nSPS) is 16.0. The van der Waals surface area contributed by atoms with E-state index in [1.165, 1.54) is 5.69 Å². The minimum Gasteiger partial charge on any atom is -0.368 e. The van der Waals surface area contributed by atoms with E-state index in [1.807, 2.05) is 47.6 Å². The highest BCUT2D eigenvalue weighted by Crippen LogP contribution is 2.22. The molecular formula is C20H26N4O. The molecule has 0 saturated carbocycles. The summed E-state index contributed by atoms with van der Waals surface area (Å²) in [7, 11) is 0. The Morgan fingerprint density at radius 1 is 1.00 bits per heavy atom. The molecule has 2 amide bonds. The molecule has 132 valence electrons. The van der Waals surface area contributed by atoms with Gasteiger partial charge in [-0.3, -0.25) is 4.98 Å². The minimum atomic E-state index is 0.0249. The number of nitrogens with zero attached hydrogens (tertiary/aromatic N) is 3. The lowest BCUT2D eigenvalue weighted by Gasteiger charge is -2.37. The lowest BCUT2D eigenvalue weighted by molar-refractivity contribution is 0.186. The van der Waals surface area contributed by atoms with Crippen molar-refractivity contribution < 1.29 is 4.79 Å². The highest BCUT2D eigenvalue weighted by molar-refractivity contribution is 5.75. The van der Waals surface area contributed by atoms with Crippen LogP contribution in [0.1, 0.15) is 25.5 Å². The first-order valence-corrected chi connectivity index (χ1v) is 8.90. The van der Waals surface area contributed by atoms with Crippen LogP contribution in [0, 0.1) is 5.92 Å². The molecule has 1 aromatic carbocycles.